The number of nitrogens with one attached hydrogen (secondary N) is 1. The van der Waals surface area contributed by atoms with E-state index in [0.29, 0.717) is 0 Å². The molecule has 0 amide bonds. The SMILES string of the molecule is Fc1ccc(CCc2nnc(SCc3ccccc3)n2CCCc2cnc[nH]2)cc1. The largest absolute Gasteiger partial charge is 0.348 e. The van der Waals surface area contributed by atoms with Crippen LogP contribution in [0, 0.1) is 5.82 Å². The Bertz CT molecular complexity index is 1030. The average molecular weight is 422 g/mol. The highest BCUT2D eigenvalue weighted by molar-refractivity contribution is 7.98. The molecule has 4 aromatic rings. The Morgan fingerprint density at radius 2 is 1.73 bits per heavy atom. The van der Waals surface area contributed by atoms with E-state index in [4.69, 9.17) is 0 Å². The van der Waals surface area contributed by atoms with E-state index in [-0.39, 0.29) is 5.82 Å². The first kappa shape index (κ1) is 20.3. The molecular formula is C23H24FN5S. The van der Waals surface area contributed by atoms with Gasteiger partial charge in [-0.2, -0.15) is 0 Å². The predicted molar refractivity (Wildman–Crippen MR) is 117 cm³/mol. The lowest BCUT2D eigenvalue weighted by Crippen LogP contribution is -2.08. The lowest BCUT2D eigenvalue weighted by Gasteiger charge is -2.10. The molecule has 0 aliphatic carbocycles. The van der Waals surface area contributed by atoms with Crippen molar-refractivity contribution in [1.82, 2.24) is 24.7 Å². The van der Waals surface area contributed by atoms with Crippen molar-refractivity contribution in [3.63, 3.8) is 0 Å². The number of aryl methyl sites for hydroxylation is 3. The van der Waals surface area contributed by atoms with E-state index in [1.54, 1.807) is 18.1 Å². The summed E-state index contributed by atoms with van der Waals surface area (Å²) in [6.07, 6.45) is 7.06. The molecule has 0 aliphatic rings. The summed E-state index contributed by atoms with van der Waals surface area (Å²) in [5.41, 5.74) is 3.50. The minimum atomic E-state index is -0.208. The van der Waals surface area contributed by atoms with Gasteiger partial charge in [0, 0.05) is 30.6 Å². The van der Waals surface area contributed by atoms with E-state index in [9.17, 15) is 4.39 Å². The molecule has 0 unspecified atom stereocenters. The Labute approximate surface area is 179 Å². The highest BCUT2D eigenvalue weighted by Gasteiger charge is 2.13. The van der Waals surface area contributed by atoms with Crippen LogP contribution in [-0.4, -0.2) is 24.7 Å². The number of hydrogen-bond acceptors (Lipinski definition) is 4. The number of thioether (sulfide) groups is 1. The Hall–Kier alpha value is -2.93. The molecule has 0 saturated carbocycles. The third-order valence-electron chi connectivity index (χ3n) is 4.94. The molecular weight excluding hydrogens is 397 g/mol. The zero-order valence-electron chi connectivity index (χ0n) is 16.7. The number of rotatable bonds is 10. The standard InChI is InChI=1S/C23H24FN5S/c24-20-11-8-18(9-12-20)10-13-22-27-28-23(30-16-19-5-2-1-3-6-19)29(22)14-4-7-21-15-25-17-26-21/h1-3,5-6,8-9,11-12,15,17H,4,7,10,13-14,16H2,(H,25,26). The molecule has 0 spiro atoms. The number of hydrogen-bond donors (Lipinski definition) is 1. The number of H-pyrrole nitrogens is 1. The van der Waals surface area contributed by atoms with Crippen molar-refractivity contribution >= 4 is 11.8 Å². The highest BCUT2D eigenvalue weighted by atomic mass is 32.2. The van der Waals surface area contributed by atoms with Gasteiger partial charge in [0.15, 0.2) is 5.16 Å². The van der Waals surface area contributed by atoms with Gasteiger partial charge in [-0.3, -0.25) is 0 Å². The molecule has 0 saturated heterocycles. The van der Waals surface area contributed by atoms with Crippen LogP contribution >= 0.6 is 11.8 Å². The van der Waals surface area contributed by atoms with E-state index in [2.05, 4.69) is 49.0 Å². The number of aromatic nitrogens is 5. The molecule has 0 aliphatic heterocycles. The molecule has 154 valence electrons. The van der Waals surface area contributed by atoms with Crippen molar-refractivity contribution < 1.29 is 4.39 Å². The maximum absolute atomic E-state index is 13.2. The van der Waals surface area contributed by atoms with Gasteiger partial charge in [0.1, 0.15) is 11.6 Å². The van der Waals surface area contributed by atoms with Crippen LogP contribution in [0.2, 0.25) is 0 Å². The molecule has 2 heterocycles. The number of halogens is 1. The molecule has 2 aromatic heterocycles. The molecule has 30 heavy (non-hydrogen) atoms. The van der Waals surface area contributed by atoms with Gasteiger partial charge in [-0.15, -0.1) is 10.2 Å². The van der Waals surface area contributed by atoms with Crippen molar-refractivity contribution in [3.05, 3.63) is 95.6 Å². The van der Waals surface area contributed by atoms with Gasteiger partial charge >= 0.3 is 0 Å². The van der Waals surface area contributed by atoms with Gasteiger partial charge in [0.05, 0.1) is 6.33 Å². The zero-order valence-corrected chi connectivity index (χ0v) is 17.5. The van der Waals surface area contributed by atoms with Crippen molar-refractivity contribution in [2.75, 3.05) is 0 Å². The number of nitrogens with zero attached hydrogens (tertiary/aromatic N) is 4. The zero-order chi connectivity index (χ0) is 20.6. The first-order valence-electron chi connectivity index (χ1n) is 10.1. The summed E-state index contributed by atoms with van der Waals surface area (Å²) in [7, 11) is 0. The van der Waals surface area contributed by atoms with Gasteiger partial charge in [-0.05, 0) is 42.5 Å². The molecule has 0 bridgehead atoms. The Balaban J connectivity index is 1.44. The smallest absolute Gasteiger partial charge is 0.191 e. The summed E-state index contributed by atoms with van der Waals surface area (Å²) in [6, 6.07) is 17.1. The fourth-order valence-corrected chi connectivity index (χ4v) is 4.25. The Morgan fingerprint density at radius 1 is 0.900 bits per heavy atom. The fourth-order valence-electron chi connectivity index (χ4n) is 3.31. The summed E-state index contributed by atoms with van der Waals surface area (Å²) < 4.78 is 15.4. The molecule has 5 nitrogen and oxygen atoms in total. The molecule has 0 radical (unpaired) electrons. The number of aromatic amines is 1. The van der Waals surface area contributed by atoms with Gasteiger partial charge in [0.25, 0.3) is 0 Å². The molecule has 2 aromatic carbocycles. The topological polar surface area (TPSA) is 59.4 Å². The molecule has 0 atom stereocenters. The highest BCUT2D eigenvalue weighted by Crippen LogP contribution is 2.23. The van der Waals surface area contributed by atoms with Gasteiger partial charge in [0.2, 0.25) is 0 Å². The molecule has 4 rings (SSSR count). The van der Waals surface area contributed by atoms with Crippen molar-refractivity contribution in [3.8, 4) is 0 Å². The minimum absolute atomic E-state index is 0.208. The van der Waals surface area contributed by atoms with Gasteiger partial charge in [-0.1, -0.05) is 54.2 Å². The van der Waals surface area contributed by atoms with Crippen LogP contribution in [0.4, 0.5) is 4.39 Å². The second-order valence-corrected chi connectivity index (χ2v) is 8.07. The lowest BCUT2D eigenvalue weighted by atomic mass is 10.1. The number of benzene rings is 2. The van der Waals surface area contributed by atoms with E-state index >= 15 is 0 Å². The van der Waals surface area contributed by atoms with E-state index < -0.39 is 0 Å². The van der Waals surface area contributed by atoms with Crippen LogP contribution in [0.1, 0.15) is 29.1 Å². The van der Waals surface area contributed by atoms with Gasteiger partial charge < -0.3 is 9.55 Å². The van der Waals surface area contributed by atoms with Crippen LogP contribution < -0.4 is 0 Å². The van der Waals surface area contributed by atoms with Crippen LogP contribution in [0.25, 0.3) is 0 Å². The summed E-state index contributed by atoms with van der Waals surface area (Å²) in [4.78, 5) is 7.24. The number of imidazole rings is 1. The van der Waals surface area contributed by atoms with E-state index in [1.165, 1.54) is 17.7 Å². The summed E-state index contributed by atoms with van der Waals surface area (Å²) >= 11 is 1.71. The maximum Gasteiger partial charge on any atom is 0.191 e. The second kappa shape index (κ2) is 10.2. The molecule has 7 heteroatoms. The van der Waals surface area contributed by atoms with Crippen LogP contribution in [0.5, 0.6) is 0 Å². The summed E-state index contributed by atoms with van der Waals surface area (Å²) in [5.74, 6) is 1.62. The monoisotopic (exact) mass is 421 g/mol. The van der Waals surface area contributed by atoms with Gasteiger partial charge in [-0.25, -0.2) is 9.37 Å². The third kappa shape index (κ3) is 5.57. The first-order chi connectivity index (χ1) is 14.8. The van der Waals surface area contributed by atoms with E-state index in [1.807, 2.05) is 24.4 Å². The molecule has 0 fully saturated rings. The van der Waals surface area contributed by atoms with Crippen LogP contribution in [0.15, 0.2) is 72.3 Å². The average Bonchev–Trinajstić information content (AvgIpc) is 3.43. The van der Waals surface area contributed by atoms with E-state index in [0.717, 1.165) is 60.2 Å². The van der Waals surface area contributed by atoms with Crippen molar-refractivity contribution in [1.29, 1.82) is 0 Å². The van der Waals surface area contributed by atoms with Crippen molar-refractivity contribution in [2.24, 2.45) is 0 Å². The third-order valence-corrected chi connectivity index (χ3v) is 5.98. The Morgan fingerprint density at radius 3 is 2.50 bits per heavy atom. The normalized spacial score (nSPS) is 11.1. The first-order valence-corrected chi connectivity index (χ1v) is 11.1. The van der Waals surface area contributed by atoms with Crippen LogP contribution in [0.3, 0.4) is 0 Å². The summed E-state index contributed by atoms with van der Waals surface area (Å²) in [5, 5.41) is 9.89. The second-order valence-electron chi connectivity index (χ2n) is 7.13. The minimum Gasteiger partial charge on any atom is -0.348 e. The summed E-state index contributed by atoms with van der Waals surface area (Å²) in [6.45, 7) is 0.849. The lowest BCUT2D eigenvalue weighted by molar-refractivity contribution is 0.565. The fraction of sp³-hybridized carbons (Fsp3) is 0.261. The van der Waals surface area contributed by atoms with Crippen LogP contribution in [-0.2, 0) is 31.6 Å². The molecule has 1 N–H and O–H groups in total. The Kier molecular flexibility index (Phi) is 6.92. The predicted octanol–water partition coefficient (Wildman–Crippen LogP) is 4.85. The maximum atomic E-state index is 13.2. The van der Waals surface area contributed by atoms with Crippen molar-refractivity contribution in [2.45, 2.75) is 43.1 Å². The quantitative estimate of drug-likeness (QED) is 0.372.